The number of hydrogen-bond acceptors (Lipinski definition) is 2. The number of aromatic nitrogens is 1. The first kappa shape index (κ1) is 11.7. The molecule has 3 nitrogen and oxygen atoms in total. The first-order chi connectivity index (χ1) is 7.58. The Hall–Kier alpha value is -0.740. The van der Waals surface area contributed by atoms with Crippen molar-refractivity contribution in [2.75, 3.05) is 0 Å². The molecule has 0 spiro atoms. The van der Waals surface area contributed by atoms with Gasteiger partial charge in [0.25, 0.3) is 0 Å². The minimum atomic E-state index is -1.21. The maximum Gasteiger partial charge on any atom is 0.0917 e. The van der Waals surface area contributed by atoms with E-state index in [1.165, 1.54) is 11.1 Å². The number of rotatable bonds is 3. The third-order valence-electron chi connectivity index (χ3n) is 3.38. The lowest BCUT2D eigenvalue weighted by Crippen LogP contribution is -2.20. The van der Waals surface area contributed by atoms with Gasteiger partial charge in [-0.1, -0.05) is 0 Å². The quantitative estimate of drug-likeness (QED) is 0.873. The SMILES string of the molecule is Cc1cc2c(cn1)[C@H](CC(C)S(N)=O)CC2. The van der Waals surface area contributed by atoms with E-state index in [2.05, 4.69) is 11.1 Å². The molecule has 0 bridgehead atoms. The molecule has 1 aromatic heterocycles. The molecule has 16 heavy (non-hydrogen) atoms. The Morgan fingerprint density at radius 2 is 2.44 bits per heavy atom. The second-order valence-corrected chi connectivity index (χ2v) is 6.10. The van der Waals surface area contributed by atoms with Crippen LogP contribution in [0.5, 0.6) is 0 Å². The molecule has 0 saturated heterocycles. The third kappa shape index (κ3) is 2.33. The molecule has 0 saturated carbocycles. The van der Waals surface area contributed by atoms with Crippen molar-refractivity contribution in [1.29, 1.82) is 0 Å². The largest absolute Gasteiger partial charge is 0.261 e. The molecule has 1 aromatic rings. The molecule has 1 aliphatic carbocycles. The van der Waals surface area contributed by atoms with Gasteiger partial charge in [0.1, 0.15) is 0 Å². The highest BCUT2D eigenvalue weighted by atomic mass is 32.2. The van der Waals surface area contributed by atoms with Crippen molar-refractivity contribution in [3.05, 3.63) is 29.1 Å². The smallest absolute Gasteiger partial charge is 0.0917 e. The average Bonchev–Trinajstić information content (AvgIpc) is 2.60. The minimum Gasteiger partial charge on any atom is -0.261 e. The molecule has 88 valence electrons. The number of aryl methyl sites for hydroxylation is 2. The maximum atomic E-state index is 11.2. The zero-order chi connectivity index (χ0) is 11.7. The summed E-state index contributed by atoms with van der Waals surface area (Å²) in [7, 11) is -1.21. The normalized spacial score (nSPS) is 22.8. The van der Waals surface area contributed by atoms with Gasteiger partial charge in [-0.2, -0.15) is 0 Å². The van der Waals surface area contributed by atoms with Gasteiger partial charge in [-0.15, -0.1) is 0 Å². The lowest BCUT2D eigenvalue weighted by molar-refractivity contribution is 0.598. The Kier molecular flexibility index (Phi) is 3.40. The Bertz CT molecular complexity index is 419. The van der Waals surface area contributed by atoms with Crippen LogP contribution in [0.15, 0.2) is 12.3 Å². The van der Waals surface area contributed by atoms with E-state index in [1.807, 2.05) is 20.0 Å². The van der Waals surface area contributed by atoms with Crippen molar-refractivity contribution < 1.29 is 4.21 Å². The van der Waals surface area contributed by atoms with Crippen LogP contribution in [0.25, 0.3) is 0 Å². The molecule has 0 amide bonds. The predicted molar refractivity (Wildman–Crippen MR) is 66.4 cm³/mol. The number of hydrogen-bond donors (Lipinski definition) is 1. The van der Waals surface area contributed by atoms with Crippen molar-refractivity contribution in [1.82, 2.24) is 4.98 Å². The van der Waals surface area contributed by atoms with Gasteiger partial charge in [-0.05, 0) is 56.2 Å². The fourth-order valence-corrected chi connectivity index (χ4v) is 2.86. The Morgan fingerprint density at radius 3 is 3.12 bits per heavy atom. The fourth-order valence-electron chi connectivity index (χ4n) is 2.44. The monoisotopic (exact) mass is 238 g/mol. The molecule has 2 N–H and O–H groups in total. The second-order valence-electron chi connectivity index (χ2n) is 4.63. The molecule has 0 fully saturated rings. The van der Waals surface area contributed by atoms with Crippen molar-refractivity contribution in [3.63, 3.8) is 0 Å². The first-order valence-corrected chi connectivity index (χ1v) is 6.96. The van der Waals surface area contributed by atoms with Crippen molar-refractivity contribution in [2.45, 2.75) is 44.3 Å². The van der Waals surface area contributed by atoms with Gasteiger partial charge in [0.2, 0.25) is 0 Å². The van der Waals surface area contributed by atoms with Crippen molar-refractivity contribution >= 4 is 11.0 Å². The Balaban J connectivity index is 2.15. The second kappa shape index (κ2) is 4.63. The summed E-state index contributed by atoms with van der Waals surface area (Å²) in [4.78, 5) is 4.35. The molecular weight excluding hydrogens is 220 g/mol. The van der Waals surface area contributed by atoms with Crippen LogP contribution in [0, 0.1) is 6.92 Å². The van der Waals surface area contributed by atoms with E-state index in [1.54, 1.807) is 0 Å². The van der Waals surface area contributed by atoms with Crippen molar-refractivity contribution in [3.8, 4) is 0 Å². The molecule has 1 aliphatic rings. The van der Waals surface area contributed by atoms with E-state index >= 15 is 0 Å². The zero-order valence-corrected chi connectivity index (χ0v) is 10.6. The van der Waals surface area contributed by atoms with Gasteiger partial charge >= 0.3 is 0 Å². The van der Waals surface area contributed by atoms with Crippen LogP contribution >= 0.6 is 0 Å². The van der Waals surface area contributed by atoms with E-state index in [0.29, 0.717) is 5.92 Å². The molecule has 1 heterocycles. The van der Waals surface area contributed by atoms with Gasteiger partial charge < -0.3 is 0 Å². The van der Waals surface area contributed by atoms with Gasteiger partial charge in [-0.25, -0.2) is 4.21 Å². The van der Waals surface area contributed by atoms with Crippen LogP contribution in [-0.2, 0) is 17.4 Å². The van der Waals surface area contributed by atoms with Gasteiger partial charge in [0.05, 0.1) is 11.0 Å². The molecular formula is C12H18N2OS. The van der Waals surface area contributed by atoms with E-state index in [4.69, 9.17) is 5.14 Å². The van der Waals surface area contributed by atoms with Gasteiger partial charge in [0.15, 0.2) is 0 Å². The van der Waals surface area contributed by atoms with Crippen LogP contribution in [-0.4, -0.2) is 14.4 Å². The summed E-state index contributed by atoms with van der Waals surface area (Å²) in [6, 6.07) is 2.17. The fraction of sp³-hybridized carbons (Fsp3) is 0.583. The summed E-state index contributed by atoms with van der Waals surface area (Å²) in [6.45, 7) is 3.97. The summed E-state index contributed by atoms with van der Waals surface area (Å²) in [5, 5.41) is 5.48. The van der Waals surface area contributed by atoms with Crippen LogP contribution in [0.2, 0.25) is 0 Å². The summed E-state index contributed by atoms with van der Waals surface area (Å²) in [6.07, 6.45) is 5.14. The standard InChI is InChI=1S/C12H18N2OS/c1-8-5-10-3-4-11(12(10)7-14-8)6-9(2)16(13)15/h5,7,9,11H,3-4,6,13H2,1-2H3/t9?,11-,16?/m0/s1. The number of nitrogens with two attached hydrogens (primary N) is 1. The summed E-state index contributed by atoms with van der Waals surface area (Å²) < 4.78 is 11.2. The highest BCUT2D eigenvalue weighted by molar-refractivity contribution is 7.83. The summed E-state index contributed by atoms with van der Waals surface area (Å²) in [5.41, 5.74) is 3.82. The molecule has 0 aliphatic heterocycles. The average molecular weight is 238 g/mol. The summed E-state index contributed by atoms with van der Waals surface area (Å²) in [5.74, 6) is 0.491. The number of nitrogens with zero attached hydrogens (tertiary/aromatic N) is 1. The van der Waals surface area contributed by atoms with E-state index in [-0.39, 0.29) is 5.25 Å². The molecule has 0 radical (unpaired) electrons. The molecule has 4 heteroatoms. The molecule has 0 aromatic carbocycles. The van der Waals surface area contributed by atoms with Gasteiger partial charge in [-0.3, -0.25) is 10.1 Å². The van der Waals surface area contributed by atoms with Gasteiger partial charge in [0, 0.05) is 17.1 Å². The maximum absolute atomic E-state index is 11.2. The van der Waals surface area contributed by atoms with Crippen LogP contribution < -0.4 is 5.14 Å². The summed E-state index contributed by atoms with van der Waals surface area (Å²) >= 11 is 0. The third-order valence-corrected chi connectivity index (χ3v) is 4.36. The highest BCUT2D eigenvalue weighted by Crippen LogP contribution is 2.36. The predicted octanol–water partition coefficient (Wildman–Crippen LogP) is 1.82. The van der Waals surface area contributed by atoms with E-state index < -0.39 is 11.0 Å². The van der Waals surface area contributed by atoms with Crippen LogP contribution in [0.4, 0.5) is 0 Å². The highest BCUT2D eigenvalue weighted by Gasteiger charge is 2.25. The van der Waals surface area contributed by atoms with Crippen LogP contribution in [0.3, 0.4) is 0 Å². The zero-order valence-electron chi connectivity index (χ0n) is 9.77. The first-order valence-electron chi connectivity index (χ1n) is 5.68. The molecule has 2 rings (SSSR count). The van der Waals surface area contributed by atoms with E-state index in [0.717, 1.165) is 25.0 Å². The van der Waals surface area contributed by atoms with Crippen molar-refractivity contribution in [2.24, 2.45) is 5.14 Å². The van der Waals surface area contributed by atoms with E-state index in [9.17, 15) is 4.21 Å². The topological polar surface area (TPSA) is 56.0 Å². The lowest BCUT2D eigenvalue weighted by Gasteiger charge is -2.15. The Morgan fingerprint density at radius 1 is 1.69 bits per heavy atom. The molecule has 3 atom stereocenters. The van der Waals surface area contributed by atoms with Crippen LogP contribution in [0.1, 0.15) is 42.5 Å². The number of fused-ring (bicyclic) bond motifs is 1. The lowest BCUT2D eigenvalue weighted by atomic mass is 9.98. The molecule has 2 unspecified atom stereocenters. The number of pyridine rings is 1. The minimum absolute atomic E-state index is 0.0669. The Labute approximate surface area is 99.0 Å².